The number of aromatic nitrogens is 2. The number of fused-ring (bicyclic) bond motifs is 1. The average molecular weight is 658 g/mol. The first kappa shape index (κ1) is 28.1. The van der Waals surface area contributed by atoms with E-state index in [4.69, 9.17) is 9.84 Å². The molecule has 200 valence electrons. The van der Waals surface area contributed by atoms with Crippen molar-refractivity contribution in [3.05, 3.63) is 107 Å². The lowest BCUT2D eigenvalue weighted by Gasteiger charge is -2.12. The van der Waals surface area contributed by atoms with E-state index in [0.29, 0.717) is 33.2 Å². The van der Waals surface area contributed by atoms with E-state index in [2.05, 4.69) is 41.9 Å². The number of carboxylic acid groups (broad SMARTS) is 1. The molecule has 1 aromatic heterocycles. The van der Waals surface area contributed by atoms with Crippen molar-refractivity contribution in [3.8, 4) is 5.75 Å². The van der Waals surface area contributed by atoms with Gasteiger partial charge in [-0.25, -0.2) is 9.78 Å². The van der Waals surface area contributed by atoms with Crippen molar-refractivity contribution in [2.75, 3.05) is 0 Å². The van der Waals surface area contributed by atoms with Gasteiger partial charge in [-0.05, 0) is 48.4 Å². The van der Waals surface area contributed by atoms with Crippen LogP contribution in [-0.2, 0) is 13.0 Å². The van der Waals surface area contributed by atoms with Gasteiger partial charge < -0.3 is 9.84 Å². The van der Waals surface area contributed by atoms with E-state index in [0.717, 1.165) is 17.3 Å². The SMILES string of the molecule is CCCCc1nc2ccc(Br)cc2c(=O)n1N=Cc1cc(Br)cc([N+](=O)[O-])c1OCc1ccc(C(=O)O)cc1. The number of aryl methyl sites for hydroxylation is 1. The molecule has 0 fully saturated rings. The first-order valence-electron chi connectivity index (χ1n) is 11.9. The van der Waals surface area contributed by atoms with E-state index in [1.165, 1.54) is 29.1 Å². The van der Waals surface area contributed by atoms with Gasteiger partial charge in [0.1, 0.15) is 12.4 Å². The topological polar surface area (TPSA) is 137 Å². The van der Waals surface area contributed by atoms with E-state index in [9.17, 15) is 19.7 Å². The number of aromatic carboxylic acids is 1. The molecule has 4 aromatic rings. The maximum atomic E-state index is 13.4. The number of benzene rings is 3. The van der Waals surface area contributed by atoms with Crippen molar-refractivity contribution in [3.63, 3.8) is 0 Å². The molecule has 0 aliphatic heterocycles. The van der Waals surface area contributed by atoms with Gasteiger partial charge in [0.05, 0.1) is 27.6 Å². The third-order valence-corrected chi connectivity index (χ3v) is 6.74. The van der Waals surface area contributed by atoms with Crippen LogP contribution in [0.2, 0.25) is 0 Å². The Morgan fingerprint density at radius 3 is 2.56 bits per heavy atom. The van der Waals surface area contributed by atoms with Crippen molar-refractivity contribution in [1.82, 2.24) is 9.66 Å². The van der Waals surface area contributed by atoms with Crippen LogP contribution in [0.3, 0.4) is 0 Å². The number of nitrogens with zero attached hydrogens (tertiary/aromatic N) is 4. The quantitative estimate of drug-likeness (QED) is 0.119. The molecule has 0 saturated heterocycles. The molecule has 3 aromatic carbocycles. The number of ether oxygens (including phenoxy) is 1. The summed E-state index contributed by atoms with van der Waals surface area (Å²) in [6, 6.07) is 14.1. The van der Waals surface area contributed by atoms with E-state index in [-0.39, 0.29) is 34.7 Å². The molecule has 0 unspecified atom stereocenters. The molecular weight excluding hydrogens is 636 g/mol. The Balaban J connectivity index is 1.77. The van der Waals surface area contributed by atoms with Gasteiger partial charge in [-0.2, -0.15) is 9.78 Å². The third kappa shape index (κ3) is 6.58. The molecule has 1 heterocycles. The van der Waals surface area contributed by atoms with Gasteiger partial charge in [-0.3, -0.25) is 14.9 Å². The van der Waals surface area contributed by atoms with Gasteiger partial charge >= 0.3 is 11.7 Å². The lowest BCUT2D eigenvalue weighted by atomic mass is 10.1. The maximum Gasteiger partial charge on any atom is 0.335 e. The van der Waals surface area contributed by atoms with E-state index < -0.39 is 10.9 Å². The lowest BCUT2D eigenvalue weighted by molar-refractivity contribution is -0.386. The summed E-state index contributed by atoms with van der Waals surface area (Å²) in [6.45, 7) is 1.97. The Kier molecular flexibility index (Phi) is 8.87. The third-order valence-electron chi connectivity index (χ3n) is 5.79. The number of nitro benzene ring substituents is 1. The van der Waals surface area contributed by atoms with Crippen LogP contribution in [0.25, 0.3) is 10.9 Å². The van der Waals surface area contributed by atoms with Crippen LogP contribution < -0.4 is 10.3 Å². The number of rotatable bonds is 10. The zero-order valence-corrected chi connectivity index (χ0v) is 23.8. The molecule has 4 rings (SSSR count). The van der Waals surface area contributed by atoms with Crippen LogP contribution >= 0.6 is 31.9 Å². The number of unbranched alkanes of at least 4 members (excludes halogenated alkanes) is 1. The normalized spacial score (nSPS) is 11.3. The number of hydrogen-bond acceptors (Lipinski definition) is 7. The highest BCUT2D eigenvalue weighted by atomic mass is 79.9. The summed E-state index contributed by atoms with van der Waals surface area (Å²) in [5, 5.41) is 25.7. The fourth-order valence-corrected chi connectivity index (χ4v) is 4.64. The Morgan fingerprint density at radius 1 is 1.15 bits per heavy atom. The zero-order chi connectivity index (χ0) is 28.1. The van der Waals surface area contributed by atoms with Crippen LogP contribution in [0.15, 0.2) is 73.4 Å². The van der Waals surface area contributed by atoms with Crippen molar-refractivity contribution >= 4 is 60.6 Å². The highest BCUT2D eigenvalue weighted by Gasteiger charge is 2.21. The number of nitro groups is 1. The molecule has 0 atom stereocenters. The first-order chi connectivity index (χ1) is 18.7. The largest absolute Gasteiger partial charge is 0.481 e. The highest BCUT2D eigenvalue weighted by molar-refractivity contribution is 9.10. The van der Waals surface area contributed by atoms with Gasteiger partial charge in [0.25, 0.3) is 5.56 Å². The summed E-state index contributed by atoms with van der Waals surface area (Å²) in [4.78, 5) is 40.4. The summed E-state index contributed by atoms with van der Waals surface area (Å²) in [5.41, 5.74) is 0.878. The molecule has 0 spiro atoms. The van der Waals surface area contributed by atoms with Crippen LogP contribution in [0.1, 0.15) is 47.1 Å². The van der Waals surface area contributed by atoms with E-state index in [1.807, 2.05) is 13.0 Å². The molecule has 12 heteroatoms. The summed E-state index contributed by atoms with van der Waals surface area (Å²) < 4.78 is 8.22. The Labute approximate surface area is 239 Å². The lowest BCUT2D eigenvalue weighted by Crippen LogP contribution is -2.22. The average Bonchev–Trinajstić information content (AvgIpc) is 2.91. The van der Waals surface area contributed by atoms with Crippen LogP contribution in [0.4, 0.5) is 5.69 Å². The van der Waals surface area contributed by atoms with Crippen molar-refractivity contribution < 1.29 is 19.6 Å². The van der Waals surface area contributed by atoms with Gasteiger partial charge in [0.2, 0.25) is 5.75 Å². The summed E-state index contributed by atoms with van der Waals surface area (Å²) >= 11 is 6.68. The smallest absolute Gasteiger partial charge is 0.335 e. The summed E-state index contributed by atoms with van der Waals surface area (Å²) in [5.74, 6) is -0.638. The van der Waals surface area contributed by atoms with Crippen molar-refractivity contribution in [1.29, 1.82) is 0 Å². The standard InChI is InChI=1S/C27H22Br2N4O6/c1-2-3-4-24-31-22-10-9-19(28)12-21(22)26(34)32(24)30-14-18-11-20(29)13-23(33(37)38)25(18)39-15-16-5-7-17(8-6-16)27(35)36/h5-14H,2-4,15H2,1H3,(H,35,36). The van der Waals surface area contributed by atoms with Crippen molar-refractivity contribution in [2.45, 2.75) is 32.8 Å². The Bertz CT molecular complexity index is 1650. The zero-order valence-electron chi connectivity index (χ0n) is 20.6. The van der Waals surface area contributed by atoms with Crippen LogP contribution in [0.5, 0.6) is 5.75 Å². The number of halogens is 2. The monoisotopic (exact) mass is 656 g/mol. The predicted molar refractivity (Wildman–Crippen MR) is 154 cm³/mol. The minimum absolute atomic E-state index is 0.0473. The first-order valence-corrected chi connectivity index (χ1v) is 13.4. The second-order valence-corrected chi connectivity index (χ2v) is 10.4. The predicted octanol–water partition coefficient (Wildman–Crippen LogP) is 6.33. The molecule has 0 aliphatic rings. The highest BCUT2D eigenvalue weighted by Crippen LogP contribution is 2.34. The molecule has 0 saturated carbocycles. The molecule has 39 heavy (non-hydrogen) atoms. The molecule has 0 aliphatic carbocycles. The Hall–Kier alpha value is -3.90. The number of carboxylic acids is 1. The summed E-state index contributed by atoms with van der Waals surface area (Å²) in [6.07, 6.45) is 3.54. The van der Waals surface area contributed by atoms with Gasteiger partial charge in [0.15, 0.2) is 0 Å². The number of carbonyl (C=O) groups is 1. The maximum absolute atomic E-state index is 13.4. The van der Waals surface area contributed by atoms with Gasteiger partial charge in [0, 0.05) is 27.0 Å². The van der Waals surface area contributed by atoms with E-state index in [1.54, 1.807) is 30.3 Å². The summed E-state index contributed by atoms with van der Waals surface area (Å²) in [7, 11) is 0. The van der Waals surface area contributed by atoms with E-state index >= 15 is 0 Å². The molecule has 10 nitrogen and oxygen atoms in total. The fraction of sp³-hybridized carbons (Fsp3) is 0.185. The second kappa shape index (κ2) is 12.3. The second-order valence-electron chi connectivity index (χ2n) is 8.55. The van der Waals surface area contributed by atoms with Gasteiger partial charge in [-0.15, -0.1) is 0 Å². The number of hydrogen-bond donors (Lipinski definition) is 1. The minimum Gasteiger partial charge on any atom is -0.481 e. The van der Waals surface area contributed by atoms with Crippen LogP contribution in [0, 0.1) is 10.1 Å². The minimum atomic E-state index is -1.06. The molecule has 0 amide bonds. The van der Waals surface area contributed by atoms with Crippen molar-refractivity contribution in [2.24, 2.45) is 5.10 Å². The van der Waals surface area contributed by atoms with Crippen LogP contribution in [-0.4, -0.2) is 31.9 Å². The Morgan fingerprint density at radius 2 is 1.90 bits per heavy atom. The fourth-order valence-electron chi connectivity index (χ4n) is 3.82. The van der Waals surface area contributed by atoms with Gasteiger partial charge in [-0.1, -0.05) is 57.3 Å². The molecule has 0 radical (unpaired) electrons. The molecule has 0 bridgehead atoms. The molecular formula is C27H22Br2N4O6. The molecule has 1 N–H and O–H groups in total.